The number of nitrogens with one attached hydrogen (secondary N) is 1. The zero-order valence-corrected chi connectivity index (χ0v) is 13.0. The lowest BCUT2D eigenvalue weighted by molar-refractivity contribution is -0.124. The van der Waals surface area contributed by atoms with Crippen LogP contribution in [0.4, 0.5) is 0 Å². The highest BCUT2D eigenvalue weighted by molar-refractivity contribution is 7.88. The second kappa shape index (κ2) is 6.44. The maximum Gasteiger partial charge on any atom is 0.238 e. The second-order valence-electron chi connectivity index (χ2n) is 5.10. The number of hydrogen-bond donors (Lipinski definition) is 1. The number of nitrogens with zero attached hydrogens (tertiary/aromatic N) is 1. The summed E-state index contributed by atoms with van der Waals surface area (Å²) in [5.74, 6) is 0.512. The quantitative estimate of drug-likeness (QED) is 0.870. The van der Waals surface area contributed by atoms with Crippen LogP contribution in [-0.4, -0.2) is 44.6 Å². The largest absolute Gasteiger partial charge is 0.497 e. The molecule has 1 N–H and O–H groups in total. The Bertz CT molecular complexity index is 598. The number of rotatable bonds is 5. The third-order valence-electron chi connectivity index (χ3n) is 3.56. The average molecular weight is 312 g/mol. The van der Waals surface area contributed by atoms with Crippen molar-refractivity contribution in [3.8, 4) is 5.75 Å². The number of carbonyl (C=O) groups excluding carboxylic acids is 1. The van der Waals surface area contributed by atoms with Crippen LogP contribution in [-0.2, 0) is 21.4 Å². The van der Waals surface area contributed by atoms with E-state index in [-0.39, 0.29) is 5.91 Å². The second-order valence-corrected chi connectivity index (χ2v) is 7.03. The predicted molar refractivity (Wildman–Crippen MR) is 79.4 cm³/mol. The van der Waals surface area contributed by atoms with E-state index >= 15 is 0 Å². The van der Waals surface area contributed by atoms with E-state index in [1.807, 2.05) is 24.3 Å². The molecule has 0 unspecified atom stereocenters. The normalized spacial score (nSPS) is 19.4. The Balaban J connectivity index is 1.95. The van der Waals surface area contributed by atoms with Crippen molar-refractivity contribution in [3.05, 3.63) is 29.8 Å². The first-order chi connectivity index (χ1) is 9.91. The van der Waals surface area contributed by atoms with Gasteiger partial charge in [0.25, 0.3) is 0 Å². The summed E-state index contributed by atoms with van der Waals surface area (Å²) in [4.78, 5) is 12.2. The molecule has 0 aliphatic carbocycles. The SMILES string of the molecule is COc1ccc(CNC(=O)[C@H]2CCCN2S(C)(=O)=O)cc1. The molecular formula is C14H20N2O4S. The molecule has 2 rings (SSSR count). The number of ether oxygens (including phenoxy) is 1. The van der Waals surface area contributed by atoms with Crippen LogP contribution in [0.3, 0.4) is 0 Å². The molecule has 116 valence electrons. The van der Waals surface area contributed by atoms with Crippen molar-refractivity contribution in [3.63, 3.8) is 0 Å². The molecule has 1 atom stereocenters. The van der Waals surface area contributed by atoms with Gasteiger partial charge in [0.05, 0.1) is 13.4 Å². The number of methoxy groups -OCH3 is 1. The van der Waals surface area contributed by atoms with Crippen LogP contribution in [0.5, 0.6) is 5.75 Å². The molecule has 0 aromatic heterocycles. The summed E-state index contributed by atoms with van der Waals surface area (Å²) in [6.45, 7) is 0.788. The minimum atomic E-state index is -3.33. The van der Waals surface area contributed by atoms with E-state index in [4.69, 9.17) is 4.74 Å². The van der Waals surface area contributed by atoms with Gasteiger partial charge in [-0.05, 0) is 30.5 Å². The third kappa shape index (κ3) is 3.95. The van der Waals surface area contributed by atoms with Crippen molar-refractivity contribution in [1.82, 2.24) is 9.62 Å². The van der Waals surface area contributed by atoms with Gasteiger partial charge in [0.1, 0.15) is 11.8 Å². The zero-order valence-electron chi connectivity index (χ0n) is 12.2. The lowest BCUT2D eigenvalue weighted by atomic mass is 10.2. The minimum absolute atomic E-state index is 0.242. The number of carbonyl (C=O) groups is 1. The van der Waals surface area contributed by atoms with Gasteiger partial charge >= 0.3 is 0 Å². The summed E-state index contributed by atoms with van der Waals surface area (Å²) >= 11 is 0. The van der Waals surface area contributed by atoms with E-state index in [2.05, 4.69) is 5.32 Å². The molecule has 1 heterocycles. The maximum absolute atomic E-state index is 12.2. The average Bonchev–Trinajstić information content (AvgIpc) is 2.95. The molecular weight excluding hydrogens is 292 g/mol. The third-order valence-corrected chi connectivity index (χ3v) is 4.85. The molecule has 21 heavy (non-hydrogen) atoms. The van der Waals surface area contributed by atoms with Crippen LogP contribution >= 0.6 is 0 Å². The number of hydrogen-bond acceptors (Lipinski definition) is 4. The molecule has 7 heteroatoms. The highest BCUT2D eigenvalue weighted by Crippen LogP contribution is 2.20. The lowest BCUT2D eigenvalue weighted by Gasteiger charge is -2.21. The molecule has 1 aliphatic rings. The molecule has 1 aromatic carbocycles. The Morgan fingerprint density at radius 2 is 2.05 bits per heavy atom. The van der Waals surface area contributed by atoms with Crippen LogP contribution in [0.2, 0.25) is 0 Å². The summed E-state index contributed by atoms with van der Waals surface area (Å²) in [6, 6.07) is 6.78. The molecule has 6 nitrogen and oxygen atoms in total. The van der Waals surface area contributed by atoms with E-state index in [1.54, 1.807) is 7.11 Å². The van der Waals surface area contributed by atoms with Crippen LogP contribution < -0.4 is 10.1 Å². The zero-order chi connectivity index (χ0) is 15.5. The Morgan fingerprint density at radius 1 is 1.38 bits per heavy atom. The number of sulfonamides is 1. The smallest absolute Gasteiger partial charge is 0.238 e. The van der Waals surface area contributed by atoms with Crippen molar-refractivity contribution >= 4 is 15.9 Å². The standard InChI is InChI=1S/C14H20N2O4S/c1-20-12-7-5-11(6-8-12)10-15-14(17)13-4-3-9-16(13)21(2,18)19/h5-8,13H,3-4,9-10H2,1-2H3,(H,15,17)/t13-/m1/s1. The van der Waals surface area contributed by atoms with Gasteiger partial charge in [0.2, 0.25) is 15.9 Å². The minimum Gasteiger partial charge on any atom is -0.497 e. The fourth-order valence-corrected chi connectivity index (χ4v) is 3.57. The fourth-order valence-electron chi connectivity index (χ4n) is 2.45. The molecule has 0 spiro atoms. The van der Waals surface area contributed by atoms with Crippen LogP contribution in [0.1, 0.15) is 18.4 Å². The number of amides is 1. The van der Waals surface area contributed by atoms with Crippen LogP contribution in [0.15, 0.2) is 24.3 Å². The maximum atomic E-state index is 12.2. The highest BCUT2D eigenvalue weighted by Gasteiger charge is 2.36. The summed E-state index contributed by atoms with van der Waals surface area (Å²) < 4.78 is 29.6. The fraction of sp³-hybridized carbons (Fsp3) is 0.500. The molecule has 1 fully saturated rings. The van der Waals surface area contributed by atoms with E-state index in [9.17, 15) is 13.2 Å². The molecule has 0 saturated carbocycles. The first-order valence-corrected chi connectivity index (χ1v) is 8.64. The highest BCUT2D eigenvalue weighted by atomic mass is 32.2. The molecule has 0 bridgehead atoms. The van der Waals surface area contributed by atoms with Gasteiger partial charge in [0, 0.05) is 13.1 Å². The molecule has 0 radical (unpaired) electrons. The summed E-state index contributed by atoms with van der Waals surface area (Å²) in [5, 5.41) is 2.79. The molecule has 1 saturated heterocycles. The van der Waals surface area contributed by atoms with Gasteiger partial charge in [0.15, 0.2) is 0 Å². The summed E-state index contributed by atoms with van der Waals surface area (Å²) in [7, 11) is -1.74. The lowest BCUT2D eigenvalue weighted by Crippen LogP contribution is -2.45. The van der Waals surface area contributed by atoms with Gasteiger partial charge in [-0.25, -0.2) is 8.42 Å². The van der Waals surface area contributed by atoms with Crippen molar-refractivity contribution in [2.75, 3.05) is 19.9 Å². The van der Waals surface area contributed by atoms with E-state index < -0.39 is 16.1 Å². The van der Waals surface area contributed by atoms with Gasteiger partial charge in [-0.1, -0.05) is 12.1 Å². The summed E-state index contributed by atoms with van der Waals surface area (Å²) in [5.41, 5.74) is 0.938. The van der Waals surface area contributed by atoms with E-state index in [0.717, 1.165) is 17.6 Å². The predicted octanol–water partition coefficient (Wildman–Crippen LogP) is 0.735. The van der Waals surface area contributed by atoms with Crippen molar-refractivity contribution in [2.24, 2.45) is 0 Å². The van der Waals surface area contributed by atoms with E-state index in [1.165, 1.54) is 4.31 Å². The molecule has 1 aromatic rings. The molecule has 1 aliphatic heterocycles. The topological polar surface area (TPSA) is 75.7 Å². The van der Waals surface area contributed by atoms with Crippen LogP contribution in [0, 0.1) is 0 Å². The van der Waals surface area contributed by atoms with Gasteiger partial charge in [-0.2, -0.15) is 4.31 Å². The summed E-state index contributed by atoms with van der Waals surface area (Å²) in [6.07, 6.45) is 2.43. The van der Waals surface area contributed by atoms with Crippen molar-refractivity contribution in [1.29, 1.82) is 0 Å². The Hall–Kier alpha value is -1.60. The van der Waals surface area contributed by atoms with Gasteiger partial charge in [-0.3, -0.25) is 4.79 Å². The van der Waals surface area contributed by atoms with Gasteiger partial charge in [-0.15, -0.1) is 0 Å². The first kappa shape index (κ1) is 15.8. The van der Waals surface area contributed by atoms with Crippen molar-refractivity contribution < 1.29 is 17.9 Å². The van der Waals surface area contributed by atoms with Gasteiger partial charge < -0.3 is 10.1 Å². The monoisotopic (exact) mass is 312 g/mol. The number of benzene rings is 1. The van der Waals surface area contributed by atoms with Crippen molar-refractivity contribution in [2.45, 2.75) is 25.4 Å². The van der Waals surface area contributed by atoms with E-state index in [0.29, 0.717) is 25.9 Å². The Labute approximate surface area is 125 Å². The first-order valence-electron chi connectivity index (χ1n) is 6.79. The Morgan fingerprint density at radius 3 is 2.62 bits per heavy atom. The Kier molecular flexibility index (Phi) is 4.84. The molecule has 1 amide bonds. The van der Waals surface area contributed by atoms with Crippen LogP contribution in [0.25, 0.3) is 0 Å².